The van der Waals surface area contributed by atoms with Crippen LogP contribution in [0.4, 0.5) is 0 Å². The van der Waals surface area contributed by atoms with Crippen LogP contribution in [0.5, 0.6) is 0 Å². The molecule has 1 rings (SSSR count). The van der Waals surface area contributed by atoms with E-state index in [1.807, 2.05) is 0 Å². The molecule has 1 aromatic heterocycles. The maximum Gasteiger partial charge on any atom is 0.228 e. The highest BCUT2D eigenvalue weighted by Crippen LogP contribution is 2.06. The van der Waals surface area contributed by atoms with Gasteiger partial charge in [-0.3, -0.25) is 0 Å². The summed E-state index contributed by atoms with van der Waals surface area (Å²) in [5, 5.41) is 0. The van der Waals surface area contributed by atoms with Crippen LogP contribution in [0.15, 0.2) is 10.7 Å². The van der Waals surface area contributed by atoms with E-state index in [9.17, 15) is 8.42 Å². The third kappa shape index (κ3) is 1.46. The zero-order valence-electron chi connectivity index (χ0n) is 4.60. The predicted octanol–water partition coefficient (Wildman–Crippen LogP) is -0.0584. The standard InChI is InChI=1S/C3H4N2O2S2/c1-9(6,7)3-4-2-5-8-3/h2H,1H3. The van der Waals surface area contributed by atoms with E-state index in [4.69, 9.17) is 0 Å². The van der Waals surface area contributed by atoms with Gasteiger partial charge in [0.15, 0.2) is 0 Å². The minimum absolute atomic E-state index is 0.0718. The monoisotopic (exact) mass is 164 g/mol. The van der Waals surface area contributed by atoms with E-state index >= 15 is 0 Å². The first-order valence-corrected chi connectivity index (χ1v) is 4.74. The van der Waals surface area contributed by atoms with Gasteiger partial charge in [0, 0.05) is 6.26 Å². The highest BCUT2D eigenvalue weighted by Gasteiger charge is 2.08. The Morgan fingerprint density at radius 1 is 1.67 bits per heavy atom. The first-order valence-electron chi connectivity index (χ1n) is 2.07. The lowest BCUT2D eigenvalue weighted by Crippen LogP contribution is -1.94. The molecule has 0 atom stereocenters. The second kappa shape index (κ2) is 2.03. The molecule has 0 aliphatic rings. The highest BCUT2D eigenvalue weighted by atomic mass is 32.2. The van der Waals surface area contributed by atoms with Crippen LogP contribution in [0.3, 0.4) is 0 Å². The third-order valence-electron chi connectivity index (χ3n) is 0.658. The molecule has 0 N–H and O–H groups in total. The molecule has 0 saturated heterocycles. The topological polar surface area (TPSA) is 59.9 Å². The second-order valence-corrected chi connectivity index (χ2v) is 4.45. The summed E-state index contributed by atoms with van der Waals surface area (Å²) in [5.74, 6) is 0. The van der Waals surface area contributed by atoms with Crippen molar-refractivity contribution in [3.05, 3.63) is 6.33 Å². The van der Waals surface area contributed by atoms with Gasteiger partial charge >= 0.3 is 0 Å². The molecule has 0 amide bonds. The van der Waals surface area contributed by atoms with Crippen molar-refractivity contribution in [3.8, 4) is 0 Å². The Labute approximate surface area is 56.6 Å². The molecule has 1 heterocycles. The summed E-state index contributed by atoms with van der Waals surface area (Å²) in [7, 11) is -3.11. The largest absolute Gasteiger partial charge is 0.228 e. The fourth-order valence-corrected chi connectivity index (χ4v) is 1.51. The first kappa shape index (κ1) is 6.63. The van der Waals surface area contributed by atoms with Crippen molar-refractivity contribution >= 4 is 21.4 Å². The lowest BCUT2D eigenvalue weighted by atomic mass is 11.3. The molecule has 0 aliphatic heterocycles. The highest BCUT2D eigenvalue weighted by molar-refractivity contribution is 7.92. The van der Waals surface area contributed by atoms with E-state index in [-0.39, 0.29) is 4.34 Å². The van der Waals surface area contributed by atoms with E-state index in [1.165, 1.54) is 6.33 Å². The Morgan fingerprint density at radius 2 is 2.33 bits per heavy atom. The number of aromatic nitrogens is 2. The maximum absolute atomic E-state index is 10.6. The molecule has 0 spiro atoms. The van der Waals surface area contributed by atoms with Crippen LogP contribution in [0, 0.1) is 0 Å². The number of hydrogen-bond donors (Lipinski definition) is 0. The van der Waals surface area contributed by atoms with Crippen LogP contribution in [-0.2, 0) is 9.84 Å². The van der Waals surface area contributed by atoms with Crippen LogP contribution < -0.4 is 0 Å². The third-order valence-corrected chi connectivity index (χ3v) is 2.99. The van der Waals surface area contributed by atoms with Gasteiger partial charge in [-0.2, -0.15) is 4.37 Å². The lowest BCUT2D eigenvalue weighted by Gasteiger charge is -1.83. The van der Waals surface area contributed by atoms with Gasteiger partial charge in [-0.1, -0.05) is 0 Å². The van der Waals surface area contributed by atoms with Crippen molar-refractivity contribution in [1.29, 1.82) is 0 Å². The van der Waals surface area contributed by atoms with Crippen LogP contribution in [0.1, 0.15) is 0 Å². The van der Waals surface area contributed by atoms with Crippen LogP contribution in [-0.4, -0.2) is 24.0 Å². The van der Waals surface area contributed by atoms with Gasteiger partial charge in [0.25, 0.3) is 0 Å². The Hall–Kier alpha value is -0.490. The summed E-state index contributed by atoms with van der Waals surface area (Å²) in [6, 6.07) is 0. The number of sulfone groups is 1. The van der Waals surface area contributed by atoms with E-state index < -0.39 is 9.84 Å². The van der Waals surface area contributed by atoms with Crippen molar-refractivity contribution in [2.45, 2.75) is 4.34 Å². The van der Waals surface area contributed by atoms with Gasteiger partial charge in [-0.15, -0.1) is 0 Å². The number of rotatable bonds is 1. The van der Waals surface area contributed by atoms with Crippen molar-refractivity contribution in [1.82, 2.24) is 9.36 Å². The van der Waals surface area contributed by atoms with Crippen molar-refractivity contribution in [2.75, 3.05) is 6.26 Å². The summed E-state index contributed by atoms with van der Waals surface area (Å²) >= 11 is 0.881. The first-order chi connectivity index (χ1) is 4.11. The molecular formula is C3H4N2O2S2. The molecule has 1 aromatic rings. The number of nitrogens with zero attached hydrogens (tertiary/aromatic N) is 2. The fraction of sp³-hybridized carbons (Fsp3) is 0.333. The Bertz CT molecular complexity index is 275. The van der Waals surface area contributed by atoms with Crippen molar-refractivity contribution in [2.24, 2.45) is 0 Å². The minimum Gasteiger partial charge on any atom is -0.221 e. The fourth-order valence-electron chi connectivity index (χ4n) is 0.326. The van der Waals surface area contributed by atoms with Crippen LogP contribution >= 0.6 is 11.5 Å². The van der Waals surface area contributed by atoms with Gasteiger partial charge < -0.3 is 0 Å². The zero-order valence-corrected chi connectivity index (χ0v) is 6.24. The van der Waals surface area contributed by atoms with Gasteiger partial charge in [-0.25, -0.2) is 13.4 Å². The molecule has 6 heteroatoms. The van der Waals surface area contributed by atoms with Gasteiger partial charge in [0.2, 0.25) is 14.2 Å². The Morgan fingerprint density at radius 3 is 2.56 bits per heavy atom. The quantitative estimate of drug-likeness (QED) is 0.583. The summed E-state index contributed by atoms with van der Waals surface area (Å²) in [6.07, 6.45) is 2.33. The average molecular weight is 164 g/mol. The van der Waals surface area contributed by atoms with Gasteiger partial charge in [-0.05, 0) is 11.5 Å². The van der Waals surface area contributed by atoms with E-state index in [1.54, 1.807) is 0 Å². The van der Waals surface area contributed by atoms with E-state index in [0.717, 1.165) is 17.8 Å². The Balaban J connectivity index is 3.20. The SMILES string of the molecule is CS(=O)(=O)c1ncns1. The van der Waals surface area contributed by atoms with Gasteiger partial charge in [0.1, 0.15) is 6.33 Å². The smallest absolute Gasteiger partial charge is 0.221 e. The normalized spacial score (nSPS) is 11.7. The summed E-state index contributed by atoms with van der Waals surface area (Å²) < 4.78 is 24.8. The summed E-state index contributed by atoms with van der Waals surface area (Å²) in [4.78, 5) is 3.51. The van der Waals surface area contributed by atoms with Crippen LogP contribution in [0.2, 0.25) is 0 Å². The summed E-state index contributed by atoms with van der Waals surface area (Å²) in [6.45, 7) is 0. The molecule has 50 valence electrons. The molecule has 9 heavy (non-hydrogen) atoms. The molecule has 0 unspecified atom stereocenters. The second-order valence-electron chi connectivity index (χ2n) is 1.48. The molecule has 4 nitrogen and oxygen atoms in total. The summed E-state index contributed by atoms with van der Waals surface area (Å²) in [5.41, 5.74) is 0. The lowest BCUT2D eigenvalue weighted by molar-refractivity contribution is 0.601. The average Bonchev–Trinajstić information content (AvgIpc) is 2.08. The van der Waals surface area contributed by atoms with Crippen molar-refractivity contribution in [3.63, 3.8) is 0 Å². The molecule has 0 radical (unpaired) electrons. The van der Waals surface area contributed by atoms with E-state index in [0.29, 0.717) is 0 Å². The molecule has 0 saturated carbocycles. The minimum atomic E-state index is -3.11. The predicted molar refractivity (Wildman–Crippen MR) is 33.0 cm³/mol. The molecule has 0 fully saturated rings. The maximum atomic E-state index is 10.6. The number of hydrogen-bond acceptors (Lipinski definition) is 5. The van der Waals surface area contributed by atoms with E-state index in [2.05, 4.69) is 9.36 Å². The van der Waals surface area contributed by atoms with Crippen LogP contribution in [0.25, 0.3) is 0 Å². The molecule has 0 aliphatic carbocycles. The van der Waals surface area contributed by atoms with Gasteiger partial charge in [0.05, 0.1) is 0 Å². The Kier molecular flexibility index (Phi) is 1.50. The zero-order chi connectivity index (χ0) is 6.91. The molecular weight excluding hydrogens is 160 g/mol. The molecule has 0 bridgehead atoms. The molecule has 0 aromatic carbocycles. The van der Waals surface area contributed by atoms with Crippen molar-refractivity contribution < 1.29 is 8.42 Å².